The van der Waals surface area contributed by atoms with Crippen LogP contribution in [0.25, 0.3) is 0 Å². The van der Waals surface area contributed by atoms with E-state index in [9.17, 15) is 4.79 Å². The molecule has 19 heavy (non-hydrogen) atoms. The minimum Gasteiger partial charge on any atom is -0.491 e. The molecule has 1 aliphatic heterocycles. The van der Waals surface area contributed by atoms with Crippen molar-refractivity contribution in [3.63, 3.8) is 0 Å². The fraction of sp³-hybridized carbons (Fsp3) is 0.533. The Morgan fingerprint density at radius 2 is 2.11 bits per heavy atom. The van der Waals surface area contributed by atoms with Crippen LogP contribution in [0.15, 0.2) is 24.3 Å². The standard InChI is InChI=1S/C15H18BrNO2/c16-10-15(6-3-7-15)11-17-8-9-19-13-5-2-1-4-12(13)14(17)18/h1-2,4-5H,3,6-11H2. The van der Waals surface area contributed by atoms with Crippen LogP contribution < -0.4 is 4.74 Å². The number of benzene rings is 1. The van der Waals surface area contributed by atoms with Gasteiger partial charge in [-0.05, 0) is 30.4 Å². The number of carbonyl (C=O) groups is 1. The Hall–Kier alpha value is -1.03. The molecule has 1 aliphatic carbocycles. The Morgan fingerprint density at radius 1 is 1.32 bits per heavy atom. The first-order chi connectivity index (χ1) is 9.24. The molecule has 0 N–H and O–H groups in total. The number of carbonyl (C=O) groups excluding carboxylic acids is 1. The van der Waals surface area contributed by atoms with E-state index in [1.807, 2.05) is 29.2 Å². The van der Waals surface area contributed by atoms with Gasteiger partial charge in [-0.1, -0.05) is 34.5 Å². The van der Waals surface area contributed by atoms with Gasteiger partial charge in [-0.3, -0.25) is 4.79 Å². The van der Waals surface area contributed by atoms with E-state index in [2.05, 4.69) is 15.9 Å². The third-order valence-corrected chi connectivity index (χ3v) is 5.44. The number of halogens is 1. The molecule has 0 unspecified atom stereocenters. The first kappa shape index (κ1) is 13.0. The Bertz CT molecular complexity index is 479. The maximum Gasteiger partial charge on any atom is 0.257 e. The second kappa shape index (κ2) is 5.16. The molecule has 0 radical (unpaired) electrons. The van der Waals surface area contributed by atoms with E-state index in [0.717, 1.165) is 17.6 Å². The van der Waals surface area contributed by atoms with Crippen molar-refractivity contribution in [3.8, 4) is 5.75 Å². The van der Waals surface area contributed by atoms with E-state index in [1.54, 1.807) is 0 Å². The predicted octanol–water partition coefficient (Wildman–Crippen LogP) is 3.09. The number of fused-ring (bicyclic) bond motifs is 1. The molecule has 1 heterocycles. The number of hydrogen-bond acceptors (Lipinski definition) is 2. The van der Waals surface area contributed by atoms with E-state index < -0.39 is 0 Å². The summed E-state index contributed by atoms with van der Waals surface area (Å²) in [5.74, 6) is 0.830. The van der Waals surface area contributed by atoms with E-state index in [1.165, 1.54) is 19.3 Å². The van der Waals surface area contributed by atoms with E-state index in [4.69, 9.17) is 4.74 Å². The van der Waals surface area contributed by atoms with Crippen molar-refractivity contribution in [2.24, 2.45) is 5.41 Å². The molecule has 0 saturated heterocycles. The van der Waals surface area contributed by atoms with Gasteiger partial charge in [0.05, 0.1) is 12.1 Å². The zero-order chi connectivity index (χ0) is 13.3. The summed E-state index contributed by atoms with van der Waals surface area (Å²) in [6.07, 6.45) is 3.70. The molecule has 3 rings (SSSR count). The summed E-state index contributed by atoms with van der Waals surface area (Å²) in [6.45, 7) is 2.11. The largest absolute Gasteiger partial charge is 0.491 e. The van der Waals surface area contributed by atoms with E-state index >= 15 is 0 Å². The predicted molar refractivity (Wildman–Crippen MR) is 77.9 cm³/mol. The molecule has 3 nitrogen and oxygen atoms in total. The number of alkyl halides is 1. The lowest BCUT2D eigenvalue weighted by Gasteiger charge is -2.43. The highest BCUT2D eigenvalue weighted by Crippen LogP contribution is 2.43. The minimum absolute atomic E-state index is 0.111. The summed E-state index contributed by atoms with van der Waals surface area (Å²) in [7, 11) is 0. The van der Waals surface area contributed by atoms with Gasteiger partial charge in [0, 0.05) is 11.9 Å². The van der Waals surface area contributed by atoms with Crippen molar-refractivity contribution in [3.05, 3.63) is 29.8 Å². The van der Waals surface area contributed by atoms with Gasteiger partial charge >= 0.3 is 0 Å². The topological polar surface area (TPSA) is 29.5 Å². The van der Waals surface area contributed by atoms with Crippen LogP contribution in [0.5, 0.6) is 5.75 Å². The molecule has 0 atom stereocenters. The molecular weight excluding hydrogens is 306 g/mol. The van der Waals surface area contributed by atoms with Gasteiger partial charge in [-0.15, -0.1) is 0 Å². The van der Waals surface area contributed by atoms with Crippen LogP contribution in [-0.4, -0.2) is 35.8 Å². The zero-order valence-corrected chi connectivity index (χ0v) is 12.5. The van der Waals surface area contributed by atoms with Crippen LogP contribution in [0, 0.1) is 5.41 Å². The highest BCUT2D eigenvalue weighted by Gasteiger charge is 2.39. The Labute approximate surface area is 122 Å². The normalized spacial score (nSPS) is 21.1. The lowest BCUT2D eigenvalue weighted by molar-refractivity contribution is 0.0542. The molecule has 1 aromatic rings. The van der Waals surface area contributed by atoms with E-state index in [-0.39, 0.29) is 11.3 Å². The number of rotatable bonds is 3. The van der Waals surface area contributed by atoms with E-state index in [0.29, 0.717) is 18.7 Å². The smallest absolute Gasteiger partial charge is 0.257 e. The molecule has 2 aliphatic rings. The van der Waals surface area contributed by atoms with Crippen molar-refractivity contribution >= 4 is 21.8 Å². The fourth-order valence-corrected chi connectivity index (χ4v) is 3.61. The summed E-state index contributed by atoms with van der Waals surface area (Å²) in [6, 6.07) is 7.54. The third-order valence-electron chi connectivity index (χ3n) is 4.25. The van der Waals surface area contributed by atoms with Crippen LogP contribution >= 0.6 is 15.9 Å². The molecule has 1 amide bonds. The number of amides is 1. The van der Waals surface area contributed by atoms with Gasteiger partial charge < -0.3 is 9.64 Å². The molecule has 0 spiro atoms. The zero-order valence-electron chi connectivity index (χ0n) is 10.9. The maximum atomic E-state index is 12.6. The van der Waals surface area contributed by atoms with Crippen LogP contribution in [0.3, 0.4) is 0 Å². The number of hydrogen-bond donors (Lipinski definition) is 0. The Balaban J connectivity index is 1.82. The summed E-state index contributed by atoms with van der Waals surface area (Å²) in [5, 5.41) is 0.978. The average molecular weight is 324 g/mol. The van der Waals surface area contributed by atoms with Crippen molar-refractivity contribution in [1.82, 2.24) is 4.90 Å². The highest BCUT2D eigenvalue weighted by molar-refractivity contribution is 9.09. The molecule has 1 aromatic carbocycles. The number of ether oxygens (including phenoxy) is 1. The van der Waals surface area contributed by atoms with Crippen molar-refractivity contribution < 1.29 is 9.53 Å². The van der Waals surface area contributed by atoms with Gasteiger partial charge in [-0.25, -0.2) is 0 Å². The monoisotopic (exact) mass is 323 g/mol. The maximum absolute atomic E-state index is 12.6. The fourth-order valence-electron chi connectivity index (χ4n) is 2.87. The lowest BCUT2D eigenvalue weighted by Crippen LogP contribution is -2.46. The first-order valence-corrected chi connectivity index (χ1v) is 7.93. The van der Waals surface area contributed by atoms with Gasteiger partial charge in [0.15, 0.2) is 0 Å². The molecule has 102 valence electrons. The van der Waals surface area contributed by atoms with Crippen molar-refractivity contribution in [2.75, 3.05) is 25.0 Å². The Kier molecular flexibility index (Phi) is 3.52. The molecular formula is C15H18BrNO2. The summed E-state index contributed by atoms with van der Waals surface area (Å²) < 4.78 is 5.67. The summed E-state index contributed by atoms with van der Waals surface area (Å²) in [5.41, 5.74) is 0.985. The Morgan fingerprint density at radius 3 is 2.79 bits per heavy atom. The van der Waals surface area contributed by atoms with Crippen molar-refractivity contribution in [2.45, 2.75) is 19.3 Å². The second-order valence-electron chi connectivity index (χ2n) is 5.56. The highest BCUT2D eigenvalue weighted by atomic mass is 79.9. The third kappa shape index (κ3) is 2.38. The number of nitrogens with zero attached hydrogens (tertiary/aromatic N) is 1. The molecule has 0 bridgehead atoms. The van der Waals surface area contributed by atoms with Gasteiger partial charge in [0.2, 0.25) is 0 Å². The molecule has 1 fully saturated rings. The van der Waals surface area contributed by atoms with Crippen LogP contribution in [0.1, 0.15) is 29.6 Å². The van der Waals surface area contributed by atoms with Crippen LogP contribution in [0.4, 0.5) is 0 Å². The lowest BCUT2D eigenvalue weighted by atomic mass is 9.70. The van der Waals surface area contributed by atoms with Gasteiger partial charge in [-0.2, -0.15) is 0 Å². The minimum atomic E-state index is 0.111. The van der Waals surface area contributed by atoms with Crippen LogP contribution in [0.2, 0.25) is 0 Å². The molecule has 1 saturated carbocycles. The molecule has 0 aromatic heterocycles. The summed E-state index contributed by atoms with van der Waals surface area (Å²) >= 11 is 3.61. The second-order valence-corrected chi connectivity index (χ2v) is 6.12. The quantitative estimate of drug-likeness (QED) is 0.800. The SMILES string of the molecule is O=C1c2ccccc2OCCN1CC1(CBr)CCC1. The number of para-hydroxylation sites is 1. The average Bonchev–Trinajstić information content (AvgIpc) is 2.55. The van der Waals surface area contributed by atoms with Gasteiger partial charge in [0.25, 0.3) is 5.91 Å². The summed E-state index contributed by atoms with van der Waals surface area (Å²) in [4.78, 5) is 14.6. The first-order valence-electron chi connectivity index (χ1n) is 6.81. The van der Waals surface area contributed by atoms with Crippen LogP contribution in [-0.2, 0) is 0 Å². The molecule has 4 heteroatoms. The van der Waals surface area contributed by atoms with Crippen molar-refractivity contribution in [1.29, 1.82) is 0 Å². The van der Waals surface area contributed by atoms with Gasteiger partial charge in [0.1, 0.15) is 12.4 Å².